The minimum atomic E-state index is -0.311. The smallest absolute Gasteiger partial charge is 0.242 e. The molecule has 0 radical (unpaired) electrons. The summed E-state index contributed by atoms with van der Waals surface area (Å²) in [4.78, 5) is 16.8. The number of nitrogens with zero attached hydrogens (tertiary/aromatic N) is 2. The predicted molar refractivity (Wildman–Crippen MR) is 104 cm³/mol. The lowest BCUT2D eigenvalue weighted by atomic mass is 10.0. The van der Waals surface area contributed by atoms with Gasteiger partial charge in [0.1, 0.15) is 6.04 Å². The highest BCUT2D eigenvalue weighted by atomic mass is 35.5. The molecule has 134 valence electrons. The summed E-state index contributed by atoms with van der Waals surface area (Å²) in [5.74, 6) is -0.00277. The van der Waals surface area contributed by atoms with Crippen LogP contribution in [-0.2, 0) is 4.79 Å². The van der Waals surface area contributed by atoms with Gasteiger partial charge in [0.2, 0.25) is 5.91 Å². The highest BCUT2D eigenvalue weighted by Crippen LogP contribution is 2.21. The molecule has 0 aliphatic heterocycles. The first-order chi connectivity index (χ1) is 11.9. The lowest BCUT2D eigenvalue weighted by Gasteiger charge is -2.28. The maximum Gasteiger partial charge on any atom is 0.242 e. The molecule has 0 fully saturated rings. The first-order valence-electron chi connectivity index (χ1n) is 8.31. The third kappa shape index (κ3) is 5.30. The molecule has 2 aromatic rings. The van der Waals surface area contributed by atoms with E-state index in [1.807, 2.05) is 87.7 Å². The number of nitrogens with one attached hydrogen (secondary N) is 1. The van der Waals surface area contributed by atoms with Gasteiger partial charge in [0.15, 0.2) is 0 Å². The van der Waals surface area contributed by atoms with Crippen molar-refractivity contribution in [3.05, 3.63) is 70.7 Å². The second-order valence-electron chi connectivity index (χ2n) is 6.55. The highest BCUT2D eigenvalue weighted by molar-refractivity contribution is 6.30. The van der Waals surface area contributed by atoms with Crippen molar-refractivity contribution in [2.45, 2.75) is 12.1 Å². The first-order valence-corrected chi connectivity index (χ1v) is 8.69. The largest absolute Gasteiger partial charge is 0.353 e. The Morgan fingerprint density at radius 1 is 0.920 bits per heavy atom. The van der Waals surface area contributed by atoms with Crippen molar-refractivity contribution >= 4 is 17.5 Å². The van der Waals surface area contributed by atoms with Crippen molar-refractivity contribution in [2.75, 3.05) is 34.7 Å². The Morgan fingerprint density at radius 2 is 1.52 bits per heavy atom. The lowest BCUT2D eigenvalue weighted by Crippen LogP contribution is -2.41. The van der Waals surface area contributed by atoms with E-state index < -0.39 is 0 Å². The molecular formula is C20H26ClN3O. The van der Waals surface area contributed by atoms with E-state index in [0.29, 0.717) is 11.6 Å². The fourth-order valence-electron chi connectivity index (χ4n) is 2.90. The van der Waals surface area contributed by atoms with Crippen LogP contribution in [0.2, 0.25) is 5.02 Å². The van der Waals surface area contributed by atoms with E-state index in [0.717, 1.165) is 11.1 Å². The lowest BCUT2D eigenvalue weighted by molar-refractivity contribution is -0.126. The Hall–Kier alpha value is -1.88. The summed E-state index contributed by atoms with van der Waals surface area (Å²) < 4.78 is 0. The Balaban J connectivity index is 2.10. The summed E-state index contributed by atoms with van der Waals surface area (Å²) in [5.41, 5.74) is 2.11. The van der Waals surface area contributed by atoms with Crippen molar-refractivity contribution in [2.24, 2.45) is 0 Å². The van der Waals surface area contributed by atoms with E-state index >= 15 is 0 Å². The number of amides is 1. The average molecular weight is 360 g/mol. The van der Waals surface area contributed by atoms with Crippen LogP contribution in [0, 0.1) is 0 Å². The minimum absolute atomic E-state index is 0.00277. The molecule has 0 saturated heterocycles. The number of halogens is 1. The van der Waals surface area contributed by atoms with Crippen LogP contribution < -0.4 is 5.32 Å². The molecule has 0 aromatic heterocycles. The monoisotopic (exact) mass is 359 g/mol. The number of carbonyl (C=O) groups excluding carboxylic acids is 1. The van der Waals surface area contributed by atoms with Crippen LogP contribution in [0.1, 0.15) is 23.2 Å². The number of carbonyl (C=O) groups is 1. The molecule has 1 amide bonds. The van der Waals surface area contributed by atoms with Crippen molar-refractivity contribution in [1.82, 2.24) is 15.1 Å². The number of rotatable bonds is 7. The Morgan fingerprint density at radius 3 is 2.04 bits per heavy atom. The van der Waals surface area contributed by atoms with Crippen LogP contribution >= 0.6 is 11.6 Å². The van der Waals surface area contributed by atoms with Crippen LogP contribution in [0.3, 0.4) is 0 Å². The van der Waals surface area contributed by atoms with E-state index in [4.69, 9.17) is 11.6 Å². The van der Waals surface area contributed by atoms with Crippen molar-refractivity contribution < 1.29 is 4.79 Å². The molecule has 4 nitrogen and oxygen atoms in total. The third-order valence-corrected chi connectivity index (χ3v) is 4.48. The third-order valence-electron chi connectivity index (χ3n) is 4.23. The van der Waals surface area contributed by atoms with Gasteiger partial charge < -0.3 is 10.2 Å². The summed E-state index contributed by atoms with van der Waals surface area (Å²) in [6, 6.07) is 17.3. The normalized spacial score (nSPS) is 13.7. The van der Waals surface area contributed by atoms with Crippen molar-refractivity contribution in [3.8, 4) is 0 Å². The molecule has 2 unspecified atom stereocenters. The van der Waals surface area contributed by atoms with Crippen LogP contribution in [0.5, 0.6) is 0 Å². The fourth-order valence-corrected chi connectivity index (χ4v) is 3.02. The van der Waals surface area contributed by atoms with E-state index in [1.54, 1.807) is 0 Å². The first kappa shape index (κ1) is 19.4. The number of benzene rings is 2. The van der Waals surface area contributed by atoms with Crippen LogP contribution in [-0.4, -0.2) is 50.4 Å². The molecule has 5 heteroatoms. The molecule has 25 heavy (non-hydrogen) atoms. The van der Waals surface area contributed by atoms with Gasteiger partial charge in [-0.05, 0) is 51.5 Å². The summed E-state index contributed by atoms with van der Waals surface area (Å²) >= 11 is 5.98. The Bertz CT molecular complexity index is 671. The molecule has 2 atom stereocenters. The van der Waals surface area contributed by atoms with E-state index in [-0.39, 0.29) is 18.0 Å². The maximum absolute atomic E-state index is 12.8. The van der Waals surface area contributed by atoms with E-state index in [1.165, 1.54) is 0 Å². The zero-order valence-electron chi connectivity index (χ0n) is 15.2. The number of likely N-dealkylation sites (N-methyl/N-ethyl adjacent to an activating group) is 2. The van der Waals surface area contributed by atoms with Gasteiger partial charge in [0.25, 0.3) is 0 Å². The SMILES string of the molecule is CN(C)C(CNC(=O)C(c1ccccc1)N(C)C)c1ccc(Cl)cc1. The predicted octanol–water partition coefficient (Wildman–Crippen LogP) is 3.36. The molecule has 0 spiro atoms. The summed E-state index contributed by atoms with van der Waals surface area (Å²) in [6.45, 7) is 0.532. The molecule has 0 aliphatic carbocycles. The van der Waals surface area contributed by atoms with Crippen LogP contribution in [0.4, 0.5) is 0 Å². The standard InChI is InChI=1S/C20H26ClN3O/c1-23(2)18(15-10-12-17(21)13-11-15)14-22-20(25)19(24(3)4)16-8-6-5-7-9-16/h5-13,18-19H,14H2,1-4H3,(H,22,25). The van der Waals surface area contributed by atoms with E-state index in [9.17, 15) is 4.79 Å². The van der Waals surface area contributed by atoms with Gasteiger partial charge >= 0.3 is 0 Å². The summed E-state index contributed by atoms with van der Waals surface area (Å²) in [5, 5.41) is 3.81. The summed E-state index contributed by atoms with van der Waals surface area (Å²) in [7, 11) is 7.85. The fraction of sp³-hybridized carbons (Fsp3) is 0.350. The van der Waals surface area contributed by atoms with Gasteiger partial charge in [-0.15, -0.1) is 0 Å². The molecule has 1 N–H and O–H groups in total. The Kier molecular flexibility index (Phi) is 7.00. The Labute approximate surface area is 155 Å². The van der Waals surface area contributed by atoms with Gasteiger partial charge in [-0.1, -0.05) is 54.1 Å². The van der Waals surface area contributed by atoms with Crippen molar-refractivity contribution in [3.63, 3.8) is 0 Å². The van der Waals surface area contributed by atoms with Gasteiger partial charge in [-0.25, -0.2) is 0 Å². The molecule has 0 aliphatic rings. The molecule has 0 saturated carbocycles. The van der Waals surface area contributed by atoms with Gasteiger partial charge in [-0.2, -0.15) is 0 Å². The number of hydrogen-bond acceptors (Lipinski definition) is 3. The minimum Gasteiger partial charge on any atom is -0.353 e. The van der Waals surface area contributed by atoms with Gasteiger partial charge in [0, 0.05) is 11.6 Å². The highest BCUT2D eigenvalue weighted by Gasteiger charge is 2.24. The maximum atomic E-state index is 12.8. The van der Waals surface area contributed by atoms with Gasteiger partial charge in [-0.3, -0.25) is 9.69 Å². The van der Waals surface area contributed by atoms with Crippen LogP contribution in [0.15, 0.2) is 54.6 Å². The van der Waals surface area contributed by atoms with Crippen LogP contribution in [0.25, 0.3) is 0 Å². The van der Waals surface area contributed by atoms with Crippen molar-refractivity contribution in [1.29, 1.82) is 0 Å². The summed E-state index contributed by atoms with van der Waals surface area (Å²) in [6.07, 6.45) is 0. The quantitative estimate of drug-likeness (QED) is 0.823. The molecule has 2 rings (SSSR count). The van der Waals surface area contributed by atoms with E-state index in [2.05, 4.69) is 10.2 Å². The molecular weight excluding hydrogens is 334 g/mol. The average Bonchev–Trinajstić information content (AvgIpc) is 2.57. The molecule has 0 heterocycles. The topological polar surface area (TPSA) is 35.6 Å². The zero-order chi connectivity index (χ0) is 18.4. The second-order valence-corrected chi connectivity index (χ2v) is 6.99. The zero-order valence-corrected chi connectivity index (χ0v) is 16.0. The second kappa shape index (κ2) is 8.99. The molecule has 2 aromatic carbocycles. The number of hydrogen-bond donors (Lipinski definition) is 1. The van der Waals surface area contributed by atoms with Gasteiger partial charge in [0.05, 0.1) is 6.04 Å². The molecule has 0 bridgehead atoms.